The number of hydrogen-bond donors (Lipinski definition) is 0. The molecule has 4 nitrogen and oxygen atoms in total. The fourth-order valence-corrected chi connectivity index (χ4v) is 4.79. The summed E-state index contributed by atoms with van der Waals surface area (Å²) in [6.45, 7) is 16.7. The number of aryl methyl sites for hydroxylation is 2. The molecule has 1 atom stereocenters. The molecular weight excluding hydrogens is 370 g/mol. The largest absolute Gasteiger partial charge is 0.337 e. The zero-order valence-corrected chi connectivity index (χ0v) is 19.3. The minimum absolute atomic E-state index is 0.121. The van der Waals surface area contributed by atoms with E-state index in [1.54, 1.807) is 0 Å². The zero-order chi connectivity index (χ0) is 21.8. The number of rotatable bonds is 3. The van der Waals surface area contributed by atoms with Crippen LogP contribution in [0.1, 0.15) is 66.8 Å². The van der Waals surface area contributed by atoms with Crippen LogP contribution in [0.25, 0.3) is 11.0 Å². The zero-order valence-electron chi connectivity index (χ0n) is 19.3. The van der Waals surface area contributed by atoms with Gasteiger partial charge in [-0.25, -0.2) is 4.98 Å². The third kappa shape index (κ3) is 3.42. The maximum absolute atomic E-state index is 12.8. The van der Waals surface area contributed by atoms with Crippen molar-refractivity contribution in [2.45, 2.75) is 72.9 Å². The Kier molecular flexibility index (Phi) is 5.00. The number of imidazole rings is 1. The van der Waals surface area contributed by atoms with Crippen molar-refractivity contribution in [3.63, 3.8) is 0 Å². The highest BCUT2D eigenvalue weighted by atomic mass is 16.2. The lowest BCUT2D eigenvalue weighted by molar-refractivity contribution is -0.131. The minimum atomic E-state index is -0.163. The van der Waals surface area contributed by atoms with E-state index in [2.05, 4.69) is 77.3 Å². The van der Waals surface area contributed by atoms with Gasteiger partial charge >= 0.3 is 0 Å². The van der Waals surface area contributed by atoms with Crippen molar-refractivity contribution in [1.82, 2.24) is 14.5 Å². The van der Waals surface area contributed by atoms with Gasteiger partial charge in [0.05, 0.1) is 11.0 Å². The second-order valence-corrected chi connectivity index (χ2v) is 9.86. The summed E-state index contributed by atoms with van der Waals surface area (Å²) in [5.41, 5.74) is 8.71. The number of aromatic nitrogens is 2. The van der Waals surface area contributed by atoms with Crippen LogP contribution in [0.15, 0.2) is 30.3 Å². The first-order valence-electron chi connectivity index (χ1n) is 10.9. The van der Waals surface area contributed by atoms with Gasteiger partial charge in [0.25, 0.3) is 0 Å². The normalized spacial score (nSPS) is 17.4. The number of carbonyl (C=O) groups excluding carboxylic acids is 1. The van der Waals surface area contributed by atoms with E-state index in [-0.39, 0.29) is 17.4 Å². The molecule has 0 unspecified atom stereocenters. The first-order chi connectivity index (χ1) is 14.1. The van der Waals surface area contributed by atoms with E-state index in [1.165, 1.54) is 27.8 Å². The molecule has 0 radical (unpaired) electrons. The Morgan fingerprint density at radius 3 is 2.27 bits per heavy atom. The summed E-state index contributed by atoms with van der Waals surface area (Å²) >= 11 is 0. The van der Waals surface area contributed by atoms with Crippen molar-refractivity contribution in [2.24, 2.45) is 0 Å². The van der Waals surface area contributed by atoms with Crippen LogP contribution in [-0.4, -0.2) is 32.4 Å². The maximum Gasteiger partial charge on any atom is 0.223 e. The second kappa shape index (κ2) is 7.26. The summed E-state index contributed by atoms with van der Waals surface area (Å²) in [6, 6.07) is 10.6. The summed E-state index contributed by atoms with van der Waals surface area (Å²) in [4.78, 5) is 19.8. The summed E-state index contributed by atoms with van der Waals surface area (Å²) in [5.74, 6) is 1.38. The predicted octanol–water partition coefficient (Wildman–Crippen LogP) is 5.43. The van der Waals surface area contributed by atoms with Crippen molar-refractivity contribution in [2.75, 3.05) is 6.54 Å². The molecular formula is C26H33N3O. The highest BCUT2D eigenvalue weighted by molar-refractivity contribution is 5.81. The average molecular weight is 404 g/mol. The molecule has 0 spiro atoms. The minimum Gasteiger partial charge on any atom is -0.337 e. The molecule has 0 bridgehead atoms. The molecule has 4 heteroatoms. The van der Waals surface area contributed by atoms with Crippen molar-refractivity contribution in [3.8, 4) is 0 Å². The van der Waals surface area contributed by atoms with E-state index in [0.717, 1.165) is 29.9 Å². The topological polar surface area (TPSA) is 38.1 Å². The molecule has 1 aromatic heterocycles. The molecule has 1 saturated heterocycles. The number of benzene rings is 2. The molecule has 30 heavy (non-hydrogen) atoms. The van der Waals surface area contributed by atoms with E-state index in [1.807, 2.05) is 11.0 Å². The molecule has 0 saturated carbocycles. The smallest absolute Gasteiger partial charge is 0.223 e. The van der Waals surface area contributed by atoms with E-state index in [9.17, 15) is 4.79 Å². The van der Waals surface area contributed by atoms with Crippen molar-refractivity contribution >= 4 is 16.9 Å². The van der Waals surface area contributed by atoms with Gasteiger partial charge in [0.15, 0.2) is 0 Å². The Hall–Kier alpha value is -2.62. The van der Waals surface area contributed by atoms with Crippen LogP contribution in [0.2, 0.25) is 0 Å². The fourth-order valence-electron chi connectivity index (χ4n) is 4.79. The molecule has 2 aromatic carbocycles. The standard InChI is InChI=1S/C26H33N3O/c1-16-12-17(2)19(4)21(18(16)3)15-28-23-11-9-8-10-22(23)27-25(28)20-13-24(30)29(14-20)26(5,6)7/h8-12,20H,13-15H2,1-7H3/t20-/m1/s1. The summed E-state index contributed by atoms with van der Waals surface area (Å²) < 4.78 is 2.35. The van der Waals surface area contributed by atoms with Crippen LogP contribution in [-0.2, 0) is 11.3 Å². The Balaban J connectivity index is 1.83. The lowest BCUT2D eigenvalue weighted by Gasteiger charge is -2.32. The lowest BCUT2D eigenvalue weighted by Crippen LogP contribution is -2.42. The molecule has 4 rings (SSSR count). The van der Waals surface area contributed by atoms with Crippen LogP contribution in [0.5, 0.6) is 0 Å². The van der Waals surface area contributed by atoms with E-state index in [4.69, 9.17) is 4.98 Å². The SMILES string of the molecule is Cc1cc(C)c(C)c(Cn2c([C@@H]3CC(=O)N(C(C)(C)C)C3)nc3ccccc32)c1C. The number of amides is 1. The maximum atomic E-state index is 12.8. The summed E-state index contributed by atoms with van der Waals surface area (Å²) in [6.07, 6.45) is 0.533. The highest BCUT2D eigenvalue weighted by Gasteiger charge is 2.39. The third-order valence-electron chi connectivity index (χ3n) is 6.82. The number of hydrogen-bond acceptors (Lipinski definition) is 2. The number of para-hydroxylation sites is 2. The molecule has 0 aliphatic carbocycles. The Morgan fingerprint density at radius 1 is 1.03 bits per heavy atom. The fraction of sp³-hybridized carbons (Fsp3) is 0.462. The quantitative estimate of drug-likeness (QED) is 0.585. The molecule has 1 amide bonds. The Bertz CT molecular complexity index is 1110. The van der Waals surface area contributed by atoms with Gasteiger partial charge < -0.3 is 9.47 Å². The Labute approximate surface area is 179 Å². The summed E-state index contributed by atoms with van der Waals surface area (Å²) in [7, 11) is 0. The molecule has 3 aromatic rings. The number of carbonyl (C=O) groups is 1. The van der Waals surface area contributed by atoms with Gasteiger partial charge in [0.1, 0.15) is 5.82 Å². The third-order valence-corrected chi connectivity index (χ3v) is 6.82. The van der Waals surface area contributed by atoms with E-state index in [0.29, 0.717) is 6.42 Å². The van der Waals surface area contributed by atoms with Crippen molar-refractivity contribution < 1.29 is 4.79 Å². The van der Waals surface area contributed by atoms with Gasteiger partial charge in [-0.2, -0.15) is 0 Å². The number of likely N-dealkylation sites (tertiary alicyclic amines) is 1. The van der Waals surface area contributed by atoms with Crippen LogP contribution in [0.4, 0.5) is 0 Å². The predicted molar refractivity (Wildman–Crippen MR) is 123 cm³/mol. The molecule has 1 fully saturated rings. The van der Waals surface area contributed by atoms with Crippen LogP contribution >= 0.6 is 0 Å². The molecule has 0 N–H and O–H groups in total. The van der Waals surface area contributed by atoms with Gasteiger partial charge in [-0.05, 0) is 88.4 Å². The average Bonchev–Trinajstić information content (AvgIpc) is 3.24. The van der Waals surface area contributed by atoms with Gasteiger partial charge in [-0.1, -0.05) is 18.2 Å². The Morgan fingerprint density at radius 2 is 1.67 bits per heavy atom. The molecule has 1 aliphatic rings. The van der Waals surface area contributed by atoms with E-state index >= 15 is 0 Å². The van der Waals surface area contributed by atoms with Crippen molar-refractivity contribution in [1.29, 1.82) is 0 Å². The number of fused-ring (bicyclic) bond motifs is 1. The highest BCUT2D eigenvalue weighted by Crippen LogP contribution is 2.35. The van der Waals surface area contributed by atoms with Gasteiger partial charge in [-0.15, -0.1) is 0 Å². The first kappa shape index (κ1) is 20.6. The lowest BCUT2D eigenvalue weighted by atomic mass is 9.94. The summed E-state index contributed by atoms with van der Waals surface area (Å²) in [5, 5.41) is 0. The molecule has 158 valence electrons. The van der Waals surface area contributed by atoms with Crippen LogP contribution in [0, 0.1) is 27.7 Å². The molecule has 2 heterocycles. The second-order valence-electron chi connectivity index (χ2n) is 9.86. The van der Waals surface area contributed by atoms with Gasteiger partial charge in [0.2, 0.25) is 5.91 Å². The van der Waals surface area contributed by atoms with E-state index < -0.39 is 0 Å². The molecule has 1 aliphatic heterocycles. The van der Waals surface area contributed by atoms with Gasteiger partial charge in [-0.3, -0.25) is 4.79 Å². The van der Waals surface area contributed by atoms with Crippen LogP contribution < -0.4 is 0 Å². The van der Waals surface area contributed by atoms with Gasteiger partial charge in [0, 0.05) is 31.0 Å². The van der Waals surface area contributed by atoms with Crippen LogP contribution in [0.3, 0.4) is 0 Å². The first-order valence-corrected chi connectivity index (χ1v) is 10.9. The monoisotopic (exact) mass is 403 g/mol. The number of nitrogens with zero attached hydrogens (tertiary/aromatic N) is 3. The van der Waals surface area contributed by atoms with Crippen molar-refractivity contribution in [3.05, 3.63) is 64.0 Å².